The summed E-state index contributed by atoms with van der Waals surface area (Å²) < 4.78 is 84.8. The van der Waals surface area contributed by atoms with Crippen molar-refractivity contribution in [1.82, 2.24) is 0 Å². The molecule has 19 N–H and O–H groups in total. The first-order valence-corrected chi connectivity index (χ1v) is 34.2. The van der Waals surface area contributed by atoms with Gasteiger partial charge in [-0.1, -0.05) is 27.7 Å². The average molecular weight is 1390 g/mol. The second-order valence-electron chi connectivity index (χ2n) is 29.6. The van der Waals surface area contributed by atoms with Crippen LogP contribution in [0.5, 0.6) is 0 Å². The monoisotopic (exact) mass is 1390 g/mol. The molecule has 96 heavy (non-hydrogen) atoms. The molecule has 7 aliphatic heterocycles. The van der Waals surface area contributed by atoms with Crippen LogP contribution >= 0.6 is 0 Å². The second-order valence-corrected chi connectivity index (χ2v) is 29.6. The Balaban J connectivity index is 0.738. The molecule has 41 unspecified atom stereocenters. The molecule has 0 amide bonds. The summed E-state index contributed by atoms with van der Waals surface area (Å²) in [6, 6.07) is 0. The number of ether oxygens (including phenoxy) is 14. The number of aliphatic hydroxyl groups is 19. The number of aliphatic hydroxyl groups excluding tert-OH is 19. The first-order valence-electron chi connectivity index (χ1n) is 34.2. The molecule has 0 aromatic rings. The zero-order valence-electron chi connectivity index (χ0n) is 54.7. The summed E-state index contributed by atoms with van der Waals surface area (Å²) >= 11 is 0. The predicted molar refractivity (Wildman–Crippen MR) is 316 cm³/mol. The molecule has 33 heteroatoms. The van der Waals surface area contributed by atoms with E-state index in [9.17, 15) is 97.0 Å². The minimum absolute atomic E-state index is 0.00695. The van der Waals surface area contributed by atoms with E-state index in [4.69, 9.17) is 66.3 Å². The third-order valence-electron chi connectivity index (χ3n) is 24.2. The molecule has 0 spiro atoms. The van der Waals surface area contributed by atoms with Crippen LogP contribution in [-0.2, 0) is 66.3 Å². The maximum absolute atomic E-state index is 12.1. The highest BCUT2D eigenvalue weighted by Gasteiger charge is 2.69. The molecule has 11 aliphatic rings. The summed E-state index contributed by atoms with van der Waals surface area (Å²) in [6.45, 7) is 4.42. The number of fused-ring (bicyclic) bond motifs is 7. The Morgan fingerprint density at radius 2 is 0.969 bits per heavy atom. The fraction of sp³-hybridized carbons (Fsp3) is 1.00. The van der Waals surface area contributed by atoms with E-state index in [-0.39, 0.29) is 47.2 Å². The van der Waals surface area contributed by atoms with Crippen LogP contribution in [0, 0.1) is 52.3 Å². The summed E-state index contributed by atoms with van der Waals surface area (Å²) in [4.78, 5) is 0. The molecule has 0 bridgehead atoms. The van der Waals surface area contributed by atoms with Gasteiger partial charge in [-0.25, -0.2) is 0 Å². The molecule has 556 valence electrons. The van der Waals surface area contributed by atoms with Crippen molar-refractivity contribution < 1.29 is 163 Å². The highest BCUT2D eigenvalue weighted by molar-refractivity contribution is 5.16. The van der Waals surface area contributed by atoms with Gasteiger partial charge in [0.2, 0.25) is 0 Å². The Labute approximate surface area is 555 Å². The van der Waals surface area contributed by atoms with Crippen molar-refractivity contribution in [1.29, 1.82) is 0 Å². The van der Waals surface area contributed by atoms with E-state index in [0.717, 1.165) is 38.5 Å². The van der Waals surface area contributed by atoms with E-state index in [2.05, 4.69) is 20.8 Å². The molecule has 4 aliphatic carbocycles. The zero-order chi connectivity index (χ0) is 69.4. The molecule has 41 atom stereocenters. The Morgan fingerprint density at radius 1 is 0.458 bits per heavy atom. The van der Waals surface area contributed by atoms with Gasteiger partial charge in [-0.3, -0.25) is 0 Å². The Bertz CT molecular complexity index is 2480. The molecule has 0 radical (unpaired) electrons. The lowest BCUT2D eigenvalue weighted by Gasteiger charge is -2.61. The lowest BCUT2D eigenvalue weighted by atomic mass is 9.44. The molecular formula is C63H106O33. The largest absolute Gasteiger partial charge is 0.394 e. The van der Waals surface area contributed by atoms with Crippen LogP contribution in [0.3, 0.4) is 0 Å². The van der Waals surface area contributed by atoms with E-state index in [1.807, 2.05) is 6.92 Å². The molecule has 7 saturated heterocycles. The van der Waals surface area contributed by atoms with Gasteiger partial charge in [0, 0.05) is 19.4 Å². The maximum atomic E-state index is 12.1. The number of hydrogen-bond donors (Lipinski definition) is 19. The second kappa shape index (κ2) is 30.8. The third-order valence-corrected chi connectivity index (χ3v) is 24.2. The highest BCUT2D eigenvalue weighted by Crippen LogP contribution is 2.71. The van der Waals surface area contributed by atoms with Gasteiger partial charge < -0.3 is 163 Å². The van der Waals surface area contributed by atoms with Gasteiger partial charge in [-0.15, -0.1) is 0 Å². The molecule has 0 aromatic heterocycles. The van der Waals surface area contributed by atoms with Crippen LogP contribution in [0.2, 0.25) is 0 Å². The van der Waals surface area contributed by atoms with Crippen molar-refractivity contribution in [3.05, 3.63) is 0 Å². The van der Waals surface area contributed by atoms with Gasteiger partial charge in [0.25, 0.3) is 0 Å². The molecule has 4 saturated carbocycles. The van der Waals surface area contributed by atoms with Gasteiger partial charge in [0.1, 0.15) is 140 Å². The smallest absolute Gasteiger partial charge is 0.187 e. The topological polar surface area (TPSA) is 514 Å². The molecule has 33 nitrogen and oxygen atoms in total. The predicted octanol–water partition coefficient (Wildman–Crippen LogP) is -7.01. The van der Waals surface area contributed by atoms with E-state index in [1.165, 1.54) is 0 Å². The minimum Gasteiger partial charge on any atom is -0.394 e. The first kappa shape index (κ1) is 75.8. The fourth-order valence-electron chi connectivity index (χ4n) is 18.6. The van der Waals surface area contributed by atoms with E-state index in [1.54, 1.807) is 7.11 Å². The number of methoxy groups -OCH3 is 1. The quantitative estimate of drug-likeness (QED) is 0.0448. The Hall–Kier alpha value is -1.32. The van der Waals surface area contributed by atoms with E-state index in [0.29, 0.717) is 43.4 Å². The first-order chi connectivity index (χ1) is 45.6. The van der Waals surface area contributed by atoms with Gasteiger partial charge in [-0.05, 0) is 104 Å². The Kier molecular flexibility index (Phi) is 24.3. The Morgan fingerprint density at radius 3 is 1.60 bits per heavy atom. The zero-order valence-corrected chi connectivity index (χ0v) is 54.7. The van der Waals surface area contributed by atoms with Crippen molar-refractivity contribution in [2.45, 2.75) is 288 Å². The summed E-state index contributed by atoms with van der Waals surface area (Å²) in [5.74, 6) is 0.991. The van der Waals surface area contributed by atoms with Crippen LogP contribution in [0.25, 0.3) is 0 Å². The van der Waals surface area contributed by atoms with Gasteiger partial charge in [-0.2, -0.15) is 0 Å². The summed E-state index contributed by atoms with van der Waals surface area (Å²) in [5.41, 5.74) is -0.0539. The van der Waals surface area contributed by atoms with Crippen LogP contribution in [0.1, 0.15) is 91.9 Å². The van der Waals surface area contributed by atoms with Crippen molar-refractivity contribution in [2.24, 2.45) is 52.3 Å². The number of rotatable bonds is 22. The molecule has 0 aromatic carbocycles. The standard InChI is InChI=1S/C63H106O33/c1-23(21-84-55-47(79)43(75)39(71)32(16-64)87-55)8-13-63(83-5)24(2)37-31(96-63)15-29-27-7-6-25-14-26(9-11-61(25,3)28(27)10-12-62(29,37)4)86-57-49(81)45(77)51(36(20-68)91-57)92-60-54(53(42(74)35(19-67)90-60)94-56-46(78)38(70)30(69)22-85-56)95-59-50(82)52(41(73)34(18-66)89-59)93-58-48(80)44(76)40(72)33(17-65)88-58/h23-60,64-82H,6-22H2,1-5H3. The van der Waals surface area contributed by atoms with Crippen molar-refractivity contribution in [3.63, 3.8) is 0 Å². The highest BCUT2D eigenvalue weighted by atomic mass is 16.8. The van der Waals surface area contributed by atoms with Crippen LogP contribution in [0.15, 0.2) is 0 Å². The lowest BCUT2D eigenvalue weighted by Crippen LogP contribution is -2.69. The van der Waals surface area contributed by atoms with E-state index >= 15 is 0 Å². The normalized spacial score (nSPS) is 54.8. The van der Waals surface area contributed by atoms with Crippen molar-refractivity contribution in [3.8, 4) is 0 Å². The van der Waals surface area contributed by atoms with Gasteiger partial charge in [0.05, 0.1) is 58.5 Å². The van der Waals surface area contributed by atoms with Crippen LogP contribution in [-0.4, -0.2) is 347 Å². The SMILES string of the molecule is COC1(CCC(C)COC2OC(CO)C(O)C(O)C2O)OC2CC3C4CCC5CC(OC6OC(CO)C(OC7OC(CO)C(O)C(OC8OCC(O)C(O)C8O)C7OC7OC(CO)C(O)C(OC8OC(CO)C(O)C(O)C8O)C7O)C(O)C6O)CCC5(C)C4CCC3(C)C2C1C. The van der Waals surface area contributed by atoms with Crippen LogP contribution in [0.4, 0.5) is 0 Å². The number of hydrogen-bond acceptors (Lipinski definition) is 33. The molecule has 11 rings (SSSR count). The minimum atomic E-state index is -2.20. The molecular weight excluding hydrogens is 1280 g/mol. The maximum Gasteiger partial charge on any atom is 0.187 e. The fourth-order valence-corrected chi connectivity index (χ4v) is 18.6. The van der Waals surface area contributed by atoms with Crippen LogP contribution < -0.4 is 0 Å². The molecule has 7 heterocycles. The van der Waals surface area contributed by atoms with Gasteiger partial charge in [0.15, 0.2) is 43.5 Å². The molecule has 11 fully saturated rings. The third kappa shape index (κ3) is 14.0. The summed E-state index contributed by atoms with van der Waals surface area (Å²) in [6.07, 6.45) is -43.9. The van der Waals surface area contributed by atoms with E-state index < -0.39 is 230 Å². The van der Waals surface area contributed by atoms with Crippen molar-refractivity contribution >= 4 is 0 Å². The summed E-state index contributed by atoms with van der Waals surface area (Å²) in [7, 11) is 1.70. The lowest BCUT2D eigenvalue weighted by molar-refractivity contribution is -0.409. The van der Waals surface area contributed by atoms with Gasteiger partial charge >= 0.3 is 0 Å². The summed E-state index contributed by atoms with van der Waals surface area (Å²) in [5, 5.41) is 205. The van der Waals surface area contributed by atoms with Crippen molar-refractivity contribution in [2.75, 3.05) is 53.4 Å². The average Bonchev–Trinajstić information content (AvgIpc) is 1.50.